The summed E-state index contributed by atoms with van der Waals surface area (Å²) in [5, 5.41) is 1.55. The molecule has 0 saturated carbocycles. The molecule has 0 atom stereocenters. The molecule has 0 aliphatic carbocycles. The summed E-state index contributed by atoms with van der Waals surface area (Å²) in [6.07, 6.45) is 0.518. The number of hydrazine groups is 1. The van der Waals surface area contributed by atoms with Crippen molar-refractivity contribution in [2.75, 3.05) is 27.3 Å². The van der Waals surface area contributed by atoms with E-state index in [1.165, 1.54) is 0 Å². The molecular weight excluding hydrogens is 144 g/mol. The van der Waals surface area contributed by atoms with Gasteiger partial charge in [-0.25, -0.2) is 5.43 Å². The van der Waals surface area contributed by atoms with E-state index in [-0.39, 0.29) is 5.91 Å². The van der Waals surface area contributed by atoms with E-state index in [9.17, 15) is 4.79 Å². The lowest BCUT2D eigenvalue weighted by Crippen LogP contribution is -2.42. The zero-order chi connectivity index (χ0) is 8.69. The standard InChI is InChI=1S/C7H16N2O2/c1-4-7(10)9(8-2)5-6-11-3/h8H,4-6H2,1-3H3. The van der Waals surface area contributed by atoms with Gasteiger partial charge in [0.05, 0.1) is 13.2 Å². The lowest BCUT2D eigenvalue weighted by atomic mass is 10.4. The predicted molar refractivity (Wildman–Crippen MR) is 42.9 cm³/mol. The lowest BCUT2D eigenvalue weighted by molar-refractivity contribution is -0.134. The van der Waals surface area contributed by atoms with Crippen molar-refractivity contribution >= 4 is 5.91 Å². The maximum absolute atomic E-state index is 11.1. The molecule has 0 rings (SSSR count). The average Bonchev–Trinajstić information content (AvgIpc) is 2.05. The minimum atomic E-state index is 0.0875. The molecular formula is C7H16N2O2. The number of amides is 1. The molecule has 0 heterocycles. The van der Waals surface area contributed by atoms with Gasteiger partial charge in [0.2, 0.25) is 5.91 Å². The van der Waals surface area contributed by atoms with Crippen molar-refractivity contribution < 1.29 is 9.53 Å². The van der Waals surface area contributed by atoms with Gasteiger partial charge in [0.1, 0.15) is 0 Å². The maximum Gasteiger partial charge on any atom is 0.236 e. The third-order valence-corrected chi connectivity index (χ3v) is 1.39. The molecule has 11 heavy (non-hydrogen) atoms. The number of carbonyl (C=O) groups is 1. The number of hydrogen-bond acceptors (Lipinski definition) is 3. The summed E-state index contributed by atoms with van der Waals surface area (Å²) < 4.78 is 4.83. The van der Waals surface area contributed by atoms with E-state index in [2.05, 4.69) is 5.43 Å². The van der Waals surface area contributed by atoms with Crippen LogP contribution in [0, 0.1) is 0 Å². The zero-order valence-electron chi connectivity index (χ0n) is 7.39. The number of hydrogen-bond donors (Lipinski definition) is 1. The van der Waals surface area contributed by atoms with Gasteiger partial charge in [0.15, 0.2) is 0 Å². The molecule has 4 heteroatoms. The number of ether oxygens (including phenoxy) is 1. The first-order valence-corrected chi connectivity index (χ1v) is 3.73. The van der Waals surface area contributed by atoms with Crippen LogP contribution < -0.4 is 5.43 Å². The first-order chi connectivity index (χ1) is 5.26. The van der Waals surface area contributed by atoms with Crippen molar-refractivity contribution in [1.82, 2.24) is 10.4 Å². The summed E-state index contributed by atoms with van der Waals surface area (Å²) in [7, 11) is 3.34. The molecule has 0 bridgehead atoms. The highest BCUT2D eigenvalue weighted by molar-refractivity contribution is 5.75. The van der Waals surface area contributed by atoms with Crippen LogP contribution in [-0.2, 0) is 9.53 Å². The molecule has 1 N–H and O–H groups in total. The van der Waals surface area contributed by atoms with Gasteiger partial charge in [-0.3, -0.25) is 9.80 Å². The largest absolute Gasteiger partial charge is 0.383 e. The fourth-order valence-corrected chi connectivity index (χ4v) is 0.735. The molecule has 0 aromatic rings. The summed E-state index contributed by atoms with van der Waals surface area (Å²) in [6, 6.07) is 0. The predicted octanol–water partition coefficient (Wildman–Crippen LogP) is 0.00580. The van der Waals surface area contributed by atoms with Crippen LogP contribution >= 0.6 is 0 Å². The number of carbonyl (C=O) groups excluding carboxylic acids is 1. The Balaban J connectivity index is 3.65. The smallest absolute Gasteiger partial charge is 0.236 e. The molecule has 0 radical (unpaired) electrons. The molecule has 0 aromatic carbocycles. The minimum absolute atomic E-state index is 0.0875. The Kier molecular flexibility index (Phi) is 5.78. The quantitative estimate of drug-likeness (QED) is 0.576. The van der Waals surface area contributed by atoms with Crippen molar-refractivity contribution in [2.24, 2.45) is 0 Å². The fourth-order valence-electron chi connectivity index (χ4n) is 0.735. The molecule has 0 unspecified atom stereocenters. The van der Waals surface area contributed by atoms with Crippen molar-refractivity contribution in [3.8, 4) is 0 Å². The van der Waals surface area contributed by atoms with E-state index in [0.29, 0.717) is 19.6 Å². The Bertz CT molecular complexity index is 117. The monoisotopic (exact) mass is 160 g/mol. The summed E-state index contributed by atoms with van der Waals surface area (Å²) >= 11 is 0. The van der Waals surface area contributed by atoms with E-state index in [1.54, 1.807) is 19.2 Å². The molecule has 66 valence electrons. The van der Waals surface area contributed by atoms with Crippen LogP contribution in [0.2, 0.25) is 0 Å². The normalized spacial score (nSPS) is 9.73. The fraction of sp³-hybridized carbons (Fsp3) is 0.857. The SMILES string of the molecule is CCC(=O)N(CCOC)NC. The first kappa shape index (κ1) is 10.4. The van der Waals surface area contributed by atoms with Crippen molar-refractivity contribution in [3.63, 3.8) is 0 Å². The summed E-state index contributed by atoms with van der Waals surface area (Å²) in [4.78, 5) is 11.1. The molecule has 4 nitrogen and oxygen atoms in total. The highest BCUT2D eigenvalue weighted by atomic mass is 16.5. The number of rotatable bonds is 5. The van der Waals surface area contributed by atoms with Crippen LogP contribution in [0.3, 0.4) is 0 Å². The third kappa shape index (κ3) is 3.95. The van der Waals surface area contributed by atoms with E-state index in [1.807, 2.05) is 6.92 Å². The van der Waals surface area contributed by atoms with Gasteiger partial charge in [-0.1, -0.05) is 6.92 Å². The Morgan fingerprint density at radius 2 is 2.27 bits per heavy atom. The van der Waals surface area contributed by atoms with Gasteiger partial charge in [-0.15, -0.1) is 0 Å². The molecule has 0 fully saturated rings. The number of methoxy groups -OCH3 is 1. The lowest BCUT2D eigenvalue weighted by Gasteiger charge is -2.19. The van der Waals surface area contributed by atoms with Crippen molar-refractivity contribution in [3.05, 3.63) is 0 Å². The van der Waals surface area contributed by atoms with Crippen molar-refractivity contribution in [1.29, 1.82) is 0 Å². The molecule has 1 amide bonds. The average molecular weight is 160 g/mol. The topological polar surface area (TPSA) is 41.6 Å². The van der Waals surface area contributed by atoms with Gasteiger partial charge in [-0.05, 0) is 0 Å². The highest BCUT2D eigenvalue weighted by Crippen LogP contribution is 1.88. The molecule has 0 aliphatic heterocycles. The van der Waals surface area contributed by atoms with Crippen LogP contribution in [0.25, 0.3) is 0 Å². The van der Waals surface area contributed by atoms with Crippen LogP contribution in [0.1, 0.15) is 13.3 Å². The second-order valence-electron chi connectivity index (χ2n) is 2.12. The van der Waals surface area contributed by atoms with Gasteiger partial charge in [-0.2, -0.15) is 0 Å². The van der Waals surface area contributed by atoms with Gasteiger partial charge in [0.25, 0.3) is 0 Å². The van der Waals surface area contributed by atoms with E-state index in [4.69, 9.17) is 4.74 Å². The number of nitrogens with one attached hydrogen (secondary N) is 1. The van der Waals surface area contributed by atoms with Crippen LogP contribution in [0.5, 0.6) is 0 Å². The van der Waals surface area contributed by atoms with Crippen LogP contribution in [-0.4, -0.2) is 38.2 Å². The van der Waals surface area contributed by atoms with Gasteiger partial charge in [0, 0.05) is 20.6 Å². The van der Waals surface area contributed by atoms with E-state index in [0.717, 1.165) is 0 Å². The van der Waals surface area contributed by atoms with Gasteiger partial charge >= 0.3 is 0 Å². The van der Waals surface area contributed by atoms with Crippen LogP contribution in [0.4, 0.5) is 0 Å². The first-order valence-electron chi connectivity index (χ1n) is 3.73. The van der Waals surface area contributed by atoms with E-state index >= 15 is 0 Å². The summed E-state index contributed by atoms with van der Waals surface area (Å²) in [5.41, 5.74) is 2.79. The third-order valence-electron chi connectivity index (χ3n) is 1.39. The molecule has 0 aliphatic rings. The minimum Gasteiger partial charge on any atom is -0.383 e. The second kappa shape index (κ2) is 6.12. The molecule has 0 aromatic heterocycles. The Hall–Kier alpha value is -0.610. The van der Waals surface area contributed by atoms with E-state index < -0.39 is 0 Å². The summed E-state index contributed by atoms with van der Waals surface area (Å²) in [5.74, 6) is 0.0875. The Labute approximate surface area is 67.5 Å². The zero-order valence-corrected chi connectivity index (χ0v) is 7.39. The number of nitrogens with zero attached hydrogens (tertiary/aromatic N) is 1. The Morgan fingerprint density at radius 3 is 2.64 bits per heavy atom. The second-order valence-corrected chi connectivity index (χ2v) is 2.12. The molecule has 0 saturated heterocycles. The highest BCUT2D eigenvalue weighted by Gasteiger charge is 2.07. The van der Waals surface area contributed by atoms with Crippen molar-refractivity contribution in [2.45, 2.75) is 13.3 Å². The van der Waals surface area contributed by atoms with Gasteiger partial charge < -0.3 is 4.74 Å². The molecule has 0 spiro atoms. The summed E-state index contributed by atoms with van der Waals surface area (Å²) in [6.45, 7) is 2.99. The Morgan fingerprint density at radius 1 is 1.64 bits per heavy atom. The maximum atomic E-state index is 11.1. The van der Waals surface area contributed by atoms with Crippen LogP contribution in [0.15, 0.2) is 0 Å².